The molecule has 3 aromatic rings. The summed E-state index contributed by atoms with van der Waals surface area (Å²) in [5.74, 6) is -1.46. The second-order valence-electron chi connectivity index (χ2n) is 5.21. The Morgan fingerprint density at radius 1 is 1.35 bits per heavy atom. The fourth-order valence-corrected chi connectivity index (χ4v) is 2.54. The van der Waals surface area contributed by atoms with Gasteiger partial charge in [-0.3, -0.25) is 19.5 Å². The number of aromatic nitrogens is 1. The second kappa shape index (κ2) is 6.70. The average molecular weight is 373 g/mol. The molecule has 0 aliphatic rings. The van der Waals surface area contributed by atoms with Crippen LogP contribution < -0.4 is 11.1 Å². The van der Waals surface area contributed by atoms with Gasteiger partial charge in [0.05, 0.1) is 21.7 Å². The number of carbonyl (C=O) groups is 1. The first kappa shape index (κ1) is 17.2. The maximum atomic E-state index is 12.3. The zero-order valence-electron chi connectivity index (χ0n) is 12.9. The number of anilines is 1. The zero-order valence-corrected chi connectivity index (χ0v) is 13.7. The minimum absolute atomic E-state index is 0.117. The van der Waals surface area contributed by atoms with Gasteiger partial charge >= 0.3 is 5.76 Å². The number of hydrogen-bond donors (Lipinski definition) is 1. The standard InChI is InChI=1S/C16H9ClN4O5/c17-10-2-1-9(7-18)12(5-10)19-15(22)8-20-13-6-11(21(24)25)3-4-14(13)26-16(20)23/h1-6H,8H2,(H,19,22). The van der Waals surface area contributed by atoms with Gasteiger partial charge in [-0.15, -0.1) is 0 Å². The van der Waals surface area contributed by atoms with Crippen LogP contribution in [0.15, 0.2) is 45.6 Å². The number of amides is 1. The number of oxazole rings is 1. The number of nitro benzene ring substituents is 1. The molecule has 10 heteroatoms. The molecule has 0 unspecified atom stereocenters. The van der Waals surface area contributed by atoms with E-state index < -0.39 is 23.1 Å². The fraction of sp³-hybridized carbons (Fsp3) is 0.0625. The van der Waals surface area contributed by atoms with Crippen LogP contribution in [0.2, 0.25) is 5.02 Å². The molecule has 0 saturated carbocycles. The molecule has 2 aromatic carbocycles. The summed E-state index contributed by atoms with van der Waals surface area (Å²) < 4.78 is 5.95. The molecule has 3 rings (SSSR count). The molecule has 9 nitrogen and oxygen atoms in total. The van der Waals surface area contributed by atoms with Crippen molar-refractivity contribution in [2.45, 2.75) is 6.54 Å². The molecule has 26 heavy (non-hydrogen) atoms. The number of non-ortho nitro benzene ring substituents is 1. The lowest BCUT2D eigenvalue weighted by Crippen LogP contribution is -2.25. The molecular weight excluding hydrogens is 364 g/mol. The van der Waals surface area contributed by atoms with E-state index >= 15 is 0 Å². The van der Waals surface area contributed by atoms with Crippen LogP contribution >= 0.6 is 11.6 Å². The number of carbonyl (C=O) groups excluding carboxylic acids is 1. The van der Waals surface area contributed by atoms with Crippen molar-refractivity contribution in [3.63, 3.8) is 0 Å². The van der Waals surface area contributed by atoms with E-state index in [4.69, 9.17) is 21.3 Å². The summed E-state index contributed by atoms with van der Waals surface area (Å²) in [4.78, 5) is 34.5. The Labute approximate surface area is 150 Å². The zero-order chi connectivity index (χ0) is 18.8. The highest BCUT2D eigenvalue weighted by Gasteiger charge is 2.17. The third-order valence-corrected chi connectivity index (χ3v) is 3.77. The molecule has 0 spiro atoms. The van der Waals surface area contributed by atoms with Crippen molar-refractivity contribution in [3.05, 3.63) is 67.6 Å². The monoisotopic (exact) mass is 372 g/mol. The summed E-state index contributed by atoms with van der Waals surface area (Å²) in [6.45, 7) is -0.454. The first-order valence-corrected chi connectivity index (χ1v) is 7.54. The molecule has 0 bridgehead atoms. The van der Waals surface area contributed by atoms with Gasteiger partial charge in [-0.1, -0.05) is 11.6 Å². The van der Waals surface area contributed by atoms with Crippen molar-refractivity contribution in [3.8, 4) is 6.07 Å². The Morgan fingerprint density at radius 3 is 2.81 bits per heavy atom. The highest BCUT2D eigenvalue weighted by atomic mass is 35.5. The summed E-state index contributed by atoms with van der Waals surface area (Å²) >= 11 is 5.86. The van der Waals surface area contributed by atoms with Crippen LogP contribution in [0.3, 0.4) is 0 Å². The molecule has 0 saturated heterocycles. The SMILES string of the molecule is N#Cc1ccc(Cl)cc1NC(=O)Cn1c(=O)oc2ccc([N+](=O)[O-])cc21. The maximum Gasteiger partial charge on any atom is 0.420 e. The normalized spacial score (nSPS) is 10.5. The van der Waals surface area contributed by atoms with E-state index in [1.54, 1.807) is 0 Å². The quantitative estimate of drug-likeness (QED) is 0.553. The largest absolute Gasteiger partial charge is 0.420 e. The third kappa shape index (κ3) is 3.26. The van der Waals surface area contributed by atoms with Gasteiger partial charge in [0.25, 0.3) is 5.69 Å². The molecule has 1 aromatic heterocycles. The lowest BCUT2D eigenvalue weighted by atomic mass is 10.2. The van der Waals surface area contributed by atoms with Crippen LogP contribution in [-0.4, -0.2) is 15.4 Å². The summed E-state index contributed by atoms with van der Waals surface area (Å²) in [6.07, 6.45) is 0. The predicted octanol–water partition coefficient (Wildman–Crippen LogP) is 2.67. The molecule has 0 fully saturated rings. The molecule has 1 N–H and O–H groups in total. The number of fused-ring (bicyclic) bond motifs is 1. The molecule has 1 heterocycles. The van der Waals surface area contributed by atoms with Crippen molar-refractivity contribution < 1.29 is 14.1 Å². The number of halogens is 1. The van der Waals surface area contributed by atoms with Gasteiger partial charge in [0.1, 0.15) is 12.6 Å². The second-order valence-corrected chi connectivity index (χ2v) is 5.65. The van der Waals surface area contributed by atoms with Crippen LogP contribution in [0.5, 0.6) is 0 Å². The number of hydrogen-bond acceptors (Lipinski definition) is 6. The Hall–Kier alpha value is -3.64. The minimum Gasteiger partial charge on any atom is -0.408 e. The van der Waals surface area contributed by atoms with E-state index in [0.717, 1.165) is 10.6 Å². The molecule has 0 radical (unpaired) electrons. The Kier molecular flexibility index (Phi) is 4.43. The highest BCUT2D eigenvalue weighted by Crippen LogP contribution is 2.22. The van der Waals surface area contributed by atoms with Gasteiger partial charge < -0.3 is 9.73 Å². The maximum absolute atomic E-state index is 12.3. The number of nitrogens with one attached hydrogen (secondary N) is 1. The average Bonchev–Trinajstić information content (AvgIpc) is 2.90. The molecule has 0 aliphatic heterocycles. The van der Waals surface area contributed by atoms with E-state index in [-0.39, 0.29) is 28.0 Å². The minimum atomic E-state index is -0.831. The number of nitrogens with zero attached hydrogens (tertiary/aromatic N) is 3. The van der Waals surface area contributed by atoms with Gasteiger partial charge in [0.2, 0.25) is 5.91 Å². The number of rotatable bonds is 4. The smallest absolute Gasteiger partial charge is 0.408 e. The Balaban J connectivity index is 1.93. The van der Waals surface area contributed by atoms with Crippen LogP contribution in [0.4, 0.5) is 11.4 Å². The Morgan fingerprint density at radius 2 is 2.12 bits per heavy atom. The van der Waals surface area contributed by atoms with E-state index in [9.17, 15) is 19.7 Å². The summed E-state index contributed by atoms with van der Waals surface area (Å²) in [6, 6.07) is 9.89. The van der Waals surface area contributed by atoms with Crippen LogP contribution in [0.1, 0.15) is 5.56 Å². The van der Waals surface area contributed by atoms with Gasteiger partial charge in [-0.25, -0.2) is 4.79 Å². The number of nitro groups is 1. The van der Waals surface area contributed by atoms with Crippen molar-refractivity contribution >= 4 is 40.0 Å². The summed E-state index contributed by atoms with van der Waals surface area (Å²) in [7, 11) is 0. The first-order chi connectivity index (χ1) is 12.4. The molecular formula is C16H9ClN4O5. The first-order valence-electron chi connectivity index (χ1n) is 7.16. The van der Waals surface area contributed by atoms with Gasteiger partial charge in [-0.2, -0.15) is 5.26 Å². The molecule has 130 valence electrons. The van der Waals surface area contributed by atoms with Crippen molar-refractivity contribution in [2.75, 3.05) is 5.32 Å². The van der Waals surface area contributed by atoms with Crippen LogP contribution in [0, 0.1) is 21.4 Å². The molecule has 0 aliphatic carbocycles. The van der Waals surface area contributed by atoms with Crippen molar-refractivity contribution in [1.82, 2.24) is 4.57 Å². The van der Waals surface area contributed by atoms with E-state index in [0.29, 0.717) is 5.02 Å². The van der Waals surface area contributed by atoms with E-state index in [1.807, 2.05) is 6.07 Å². The van der Waals surface area contributed by atoms with Crippen LogP contribution in [0.25, 0.3) is 11.1 Å². The van der Waals surface area contributed by atoms with Gasteiger partial charge in [-0.05, 0) is 24.3 Å². The van der Waals surface area contributed by atoms with Crippen LogP contribution in [-0.2, 0) is 11.3 Å². The molecule has 0 atom stereocenters. The van der Waals surface area contributed by atoms with E-state index in [2.05, 4.69) is 5.32 Å². The lowest BCUT2D eigenvalue weighted by Gasteiger charge is -2.08. The molecule has 1 amide bonds. The van der Waals surface area contributed by atoms with Crippen molar-refractivity contribution in [2.24, 2.45) is 0 Å². The lowest BCUT2D eigenvalue weighted by molar-refractivity contribution is -0.384. The van der Waals surface area contributed by atoms with Gasteiger partial charge in [0, 0.05) is 17.2 Å². The predicted molar refractivity (Wildman–Crippen MR) is 91.9 cm³/mol. The van der Waals surface area contributed by atoms with Crippen molar-refractivity contribution in [1.29, 1.82) is 5.26 Å². The Bertz CT molecular complexity index is 1140. The number of benzene rings is 2. The van der Waals surface area contributed by atoms with E-state index in [1.165, 1.54) is 30.3 Å². The fourth-order valence-electron chi connectivity index (χ4n) is 2.36. The topological polar surface area (TPSA) is 131 Å². The third-order valence-electron chi connectivity index (χ3n) is 3.54. The summed E-state index contributed by atoms with van der Waals surface area (Å²) in [5.41, 5.74) is 0.383. The summed E-state index contributed by atoms with van der Waals surface area (Å²) in [5, 5.41) is 22.8. The highest BCUT2D eigenvalue weighted by molar-refractivity contribution is 6.31. The van der Waals surface area contributed by atoms with Gasteiger partial charge in [0.15, 0.2) is 5.58 Å². The number of nitriles is 1.